The number of hydrogen-bond donors (Lipinski definition) is 1. The van der Waals surface area contributed by atoms with Crippen molar-refractivity contribution in [3.8, 4) is 5.75 Å². The molecular weight excluding hydrogens is 703 g/mol. The zero-order valence-corrected chi connectivity index (χ0v) is 30.3. The fourth-order valence-electron chi connectivity index (χ4n) is 5.25. The largest absolute Gasteiger partial charge is 0.495 e. The molecule has 0 fully saturated rings. The van der Waals surface area contributed by atoms with Gasteiger partial charge in [-0.1, -0.05) is 85.6 Å². The van der Waals surface area contributed by atoms with Gasteiger partial charge in [-0.2, -0.15) is 0 Å². The molecule has 0 saturated heterocycles. The minimum Gasteiger partial charge on any atom is -0.495 e. The number of methoxy groups -OCH3 is 1. The van der Waals surface area contributed by atoms with Crippen LogP contribution in [-0.4, -0.2) is 56.3 Å². The summed E-state index contributed by atoms with van der Waals surface area (Å²) in [7, 11) is -3.36. The first-order valence-corrected chi connectivity index (χ1v) is 17.9. The van der Waals surface area contributed by atoms with Crippen LogP contribution in [0.5, 0.6) is 5.75 Å². The Hall–Kier alpha value is -4.65. The van der Waals surface area contributed by atoms with E-state index in [2.05, 4.69) is 5.32 Å². The third-order valence-electron chi connectivity index (χ3n) is 7.85. The molecule has 0 saturated carbocycles. The van der Waals surface area contributed by atoms with E-state index >= 15 is 0 Å². The highest BCUT2D eigenvalue weighted by molar-refractivity contribution is 7.92. The normalized spacial score (nSPS) is 11.9. The van der Waals surface area contributed by atoms with Crippen LogP contribution in [0.2, 0.25) is 10.0 Å². The second-order valence-corrected chi connectivity index (χ2v) is 14.8. The molecule has 50 heavy (non-hydrogen) atoms. The molecule has 0 unspecified atom stereocenters. The molecule has 4 rings (SSSR count). The average molecular weight is 742 g/mol. The number of nitrogens with zero attached hydrogens (tertiary/aromatic N) is 3. The average Bonchev–Trinajstić information content (AvgIpc) is 3.07. The fraction of sp³-hybridized carbons (Fsp3) is 0.278. The van der Waals surface area contributed by atoms with Crippen molar-refractivity contribution in [1.82, 2.24) is 10.2 Å². The Morgan fingerprint density at radius 1 is 0.920 bits per heavy atom. The highest BCUT2D eigenvalue weighted by Crippen LogP contribution is 2.36. The van der Waals surface area contributed by atoms with Crippen LogP contribution in [-0.2, 0) is 32.6 Å². The number of amides is 2. The molecule has 4 aromatic rings. The number of carbonyl (C=O) groups is 2. The van der Waals surface area contributed by atoms with Crippen LogP contribution >= 0.6 is 23.2 Å². The molecule has 1 N–H and O–H groups in total. The summed E-state index contributed by atoms with van der Waals surface area (Å²) in [5.41, 5.74) is 1.13. The Balaban J connectivity index is 1.89. The lowest BCUT2D eigenvalue weighted by molar-refractivity contribution is -0.385. The third kappa shape index (κ3) is 9.52. The second kappa shape index (κ2) is 16.8. The molecule has 0 aliphatic carbocycles. The Morgan fingerprint density at radius 3 is 2.24 bits per heavy atom. The smallest absolute Gasteiger partial charge is 0.273 e. The number of ether oxygens (including phenoxy) is 1. The SMILES string of the molecule is COc1ccc(Cl)cc1N(CC(=O)N(Cc1cccc(Cl)c1)[C@@H](Cc1ccccc1)C(=O)NCC(C)C)S(=O)(=O)c1ccc(C)c([N+](=O)[O-])c1. The molecule has 264 valence electrons. The minimum atomic E-state index is -4.69. The summed E-state index contributed by atoms with van der Waals surface area (Å²) < 4.78 is 35.2. The Labute approximate surface area is 302 Å². The molecule has 1 atom stereocenters. The predicted molar refractivity (Wildman–Crippen MR) is 194 cm³/mol. The molecule has 0 heterocycles. The lowest BCUT2D eigenvalue weighted by Gasteiger charge is -2.34. The van der Waals surface area contributed by atoms with Gasteiger partial charge in [-0.05, 0) is 60.4 Å². The van der Waals surface area contributed by atoms with Gasteiger partial charge in [-0.3, -0.25) is 24.0 Å². The van der Waals surface area contributed by atoms with Gasteiger partial charge in [-0.15, -0.1) is 0 Å². The van der Waals surface area contributed by atoms with E-state index in [4.69, 9.17) is 27.9 Å². The molecule has 0 bridgehead atoms. The molecule has 0 radical (unpaired) electrons. The number of nitrogens with one attached hydrogen (secondary N) is 1. The summed E-state index contributed by atoms with van der Waals surface area (Å²) >= 11 is 12.6. The van der Waals surface area contributed by atoms with Gasteiger partial charge in [0.2, 0.25) is 11.8 Å². The van der Waals surface area contributed by atoms with Crippen LogP contribution in [0.4, 0.5) is 11.4 Å². The number of hydrogen-bond acceptors (Lipinski definition) is 7. The van der Waals surface area contributed by atoms with Gasteiger partial charge in [0.15, 0.2) is 0 Å². The summed E-state index contributed by atoms with van der Waals surface area (Å²) in [6, 6.07) is 22.6. The summed E-state index contributed by atoms with van der Waals surface area (Å²) in [5, 5.41) is 15.3. The maximum atomic E-state index is 14.7. The van der Waals surface area contributed by atoms with E-state index in [-0.39, 0.29) is 40.9 Å². The molecule has 0 spiro atoms. The Kier molecular flexibility index (Phi) is 12.9. The van der Waals surface area contributed by atoms with E-state index in [0.717, 1.165) is 15.9 Å². The molecule has 4 aromatic carbocycles. The van der Waals surface area contributed by atoms with Crippen molar-refractivity contribution in [2.75, 3.05) is 24.5 Å². The standard InChI is InChI=1S/C36H38Cl2N4O7S/c1-24(2)21-39-36(44)33(18-26-9-6-5-7-10-26)40(22-27-11-8-12-28(37)17-27)35(43)23-41(32-19-29(38)14-16-34(32)49-4)50(47,48)30-15-13-25(3)31(20-30)42(45)46/h5-17,19-20,24,33H,18,21-23H2,1-4H3,(H,39,44)/t33-/m0/s1. The van der Waals surface area contributed by atoms with Crippen LogP contribution in [0.1, 0.15) is 30.5 Å². The first kappa shape index (κ1) is 38.2. The highest BCUT2D eigenvalue weighted by atomic mass is 35.5. The number of nitro groups is 1. The number of nitro benzene ring substituents is 1. The van der Waals surface area contributed by atoms with E-state index < -0.39 is 49.9 Å². The zero-order valence-electron chi connectivity index (χ0n) is 28.0. The van der Waals surface area contributed by atoms with Crippen molar-refractivity contribution >= 4 is 56.4 Å². The van der Waals surface area contributed by atoms with Crippen LogP contribution in [0.15, 0.2) is 95.9 Å². The lowest BCUT2D eigenvalue weighted by atomic mass is 10.0. The number of benzene rings is 4. The monoisotopic (exact) mass is 740 g/mol. The van der Waals surface area contributed by atoms with Crippen LogP contribution < -0.4 is 14.4 Å². The number of rotatable bonds is 15. The topological polar surface area (TPSA) is 139 Å². The summed E-state index contributed by atoms with van der Waals surface area (Å²) in [6.07, 6.45) is 0.120. The molecule has 2 amide bonds. The maximum Gasteiger partial charge on any atom is 0.273 e. The minimum absolute atomic E-state index is 0.0734. The number of anilines is 1. The Bertz CT molecular complexity index is 1960. The number of aryl methyl sites for hydroxylation is 1. The van der Waals surface area contributed by atoms with E-state index in [1.807, 2.05) is 44.2 Å². The van der Waals surface area contributed by atoms with Crippen molar-refractivity contribution in [2.24, 2.45) is 5.92 Å². The summed E-state index contributed by atoms with van der Waals surface area (Å²) in [5.74, 6) is -0.980. The maximum absolute atomic E-state index is 14.7. The van der Waals surface area contributed by atoms with E-state index in [1.54, 1.807) is 24.3 Å². The van der Waals surface area contributed by atoms with Gasteiger partial charge in [0.25, 0.3) is 15.7 Å². The van der Waals surface area contributed by atoms with Crippen molar-refractivity contribution < 1.29 is 27.7 Å². The van der Waals surface area contributed by atoms with Gasteiger partial charge in [-0.25, -0.2) is 8.42 Å². The quantitative estimate of drug-likeness (QED) is 0.104. The van der Waals surface area contributed by atoms with Crippen molar-refractivity contribution in [2.45, 2.75) is 44.7 Å². The van der Waals surface area contributed by atoms with Crippen LogP contribution in [0.25, 0.3) is 0 Å². The number of sulfonamides is 1. The summed E-state index contributed by atoms with van der Waals surface area (Å²) in [4.78, 5) is 40.7. The lowest BCUT2D eigenvalue weighted by Crippen LogP contribution is -2.53. The van der Waals surface area contributed by atoms with Gasteiger partial charge in [0.1, 0.15) is 18.3 Å². The summed E-state index contributed by atoms with van der Waals surface area (Å²) in [6.45, 7) is 4.80. The van der Waals surface area contributed by atoms with Crippen molar-refractivity contribution in [1.29, 1.82) is 0 Å². The van der Waals surface area contributed by atoms with Crippen LogP contribution in [0, 0.1) is 23.0 Å². The molecule has 14 heteroatoms. The molecule has 11 nitrogen and oxygen atoms in total. The molecular formula is C36H38Cl2N4O7S. The van der Waals surface area contributed by atoms with Crippen molar-refractivity contribution in [3.05, 3.63) is 128 Å². The number of halogens is 2. The van der Waals surface area contributed by atoms with E-state index in [0.29, 0.717) is 17.1 Å². The fourth-order valence-corrected chi connectivity index (χ4v) is 7.07. The molecule has 0 aliphatic rings. The molecule has 0 aromatic heterocycles. The number of carbonyl (C=O) groups excluding carboxylic acids is 2. The van der Waals surface area contributed by atoms with Crippen molar-refractivity contribution in [3.63, 3.8) is 0 Å². The third-order valence-corrected chi connectivity index (χ3v) is 10.1. The zero-order chi connectivity index (χ0) is 36.6. The van der Waals surface area contributed by atoms with Gasteiger partial charge >= 0.3 is 0 Å². The van der Waals surface area contributed by atoms with E-state index in [1.165, 1.54) is 49.3 Å². The Morgan fingerprint density at radius 2 is 1.60 bits per heavy atom. The molecule has 0 aliphatic heterocycles. The first-order chi connectivity index (χ1) is 23.7. The van der Waals surface area contributed by atoms with Crippen LogP contribution in [0.3, 0.4) is 0 Å². The van der Waals surface area contributed by atoms with Gasteiger partial charge < -0.3 is 15.0 Å². The predicted octanol–water partition coefficient (Wildman–Crippen LogP) is 6.83. The van der Waals surface area contributed by atoms with Gasteiger partial charge in [0.05, 0.1) is 22.6 Å². The highest BCUT2D eigenvalue weighted by Gasteiger charge is 2.36. The van der Waals surface area contributed by atoms with Gasteiger partial charge in [0, 0.05) is 41.2 Å². The van der Waals surface area contributed by atoms with E-state index in [9.17, 15) is 28.1 Å². The first-order valence-electron chi connectivity index (χ1n) is 15.7. The second-order valence-electron chi connectivity index (χ2n) is 12.0.